The second-order valence-corrected chi connectivity index (χ2v) is 2.34. The Bertz CT molecular complexity index is 168. The summed E-state index contributed by atoms with van der Waals surface area (Å²) in [7, 11) is 1.31. The molecular weight excluding hydrogens is 158 g/mol. The van der Waals surface area contributed by atoms with Gasteiger partial charge in [-0.2, -0.15) is 0 Å². The molecule has 0 bridgehead atoms. The van der Waals surface area contributed by atoms with Crippen LogP contribution in [0.25, 0.3) is 0 Å². The van der Waals surface area contributed by atoms with Crippen LogP contribution in [0.3, 0.4) is 0 Å². The Morgan fingerprint density at radius 1 is 1.33 bits per heavy atom. The number of hydrogen-bond donors (Lipinski definition) is 0. The molecule has 0 radical (unpaired) electrons. The molecule has 4 nitrogen and oxygen atoms in total. The van der Waals surface area contributed by atoms with E-state index in [0.29, 0.717) is 13.0 Å². The molecular formula is C8H15NO3. The van der Waals surface area contributed by atoms with Gasteiger partial charge in [0.15, 0.2) is 0 Å². The fourth-order valence-corrected chi connectivity index (χ4v) is 0.820. The topological polar surface area (TPSA) is 46.6 Å². The predicted octanol–water partition coefficient (Wildman–Crippen LogP) is 0.418. The third-order valence-corrected chi connectivity index (χ3v) is 1.58. The van der Waals surface area contributed by atoms with Gasteiger partial charge in [0.1, 0.15) is 6.54 Å². The van der Waals surface area contributed by atoms with Crippen molar-refractivity contribution in [2.45, 2.75) is 20.3 Å². The maximum atomic E-state index is 11.1. The fraction of sp³-hybridized carbons (Fsp3) is 0.750. The van der Waals surface area contributed by atoms with Gasteiger partial charge < -0.3 is 9.64 Å². The summed E-state index contributed by atoms with van der Waals surface area (Å²) in [6.45, 7) is 4.19. The normalized spacial score (nSPS) is 9.25. The monoisotopic (exact) mass is 173 g/mol. The Morgan fingerprint density at radius 3 is 2.25 bits per heavy atom. The molecule has 0 aliphatic rings. The minimum atomic E-state index is -0.376. The lowest BCUT2D eigenvalue weighted by atomic mass is 10.4. The summed E-state index contributed by atoms with van der Waals surface area (Å²) in [6, 6.07) is 0. The Hall–Kier alpha value is -1.06. The van der Waals surface area contributed by atoms with Crippen LogP contribution in [0, 0.1) is 0 Å². The largest absolute Gasteiger partial charge is 0.468 e. The molecule has 0 N–H and O–H groups in total. The number of amides is 1. The summed E-state index contributed by atoms with van der Waals surface area (Å²) < 4.78 is 4.44. The molecule has 4 heteroatoms. The van der Waals surface area contributed by atoms with E-state index in [1.54, 1.807) is 6.92 Å². The lowest BCUT2D eigenvalue weighted by molar-refractivity contribution is -0.146. The predicted molar refractivity (Wildman–Crippen MR) is 44.6 cm³/mol. The number of methoxy groups -OCH3 is 1. The average Bonchev–Trinajstić information content (AvgIpc) is 2.12. The Morgan fingerprint density at radius 2 is 1.92 bits per heavy atom. The summed E-state index contributed by atoms with van der Waals surface area (Å²) >= 11 is 0. The van der Waals surface area contributed by atoms with Gasteiger partial charge in [-0.05, 0) is 6.92 Å². The number of carbonyl (C=O) groups is 2. The van der Waals surface area contributed by atoms with Crippen LogP contribution >= 0.6 is 0 Å². The van der Waals surface area contributed by atoms with Gasteiger partial charge in [0.25, 0.3) is 0 Å². The van der Waals surface area contributed by atoms with Crippen LogP contribution in [-0.2, 0) is 14.3 Å². The quantitative estimate of drug-likeness (QED) is 0.579. The van der Waals surface area contributed by atoms with E-state index in [1.807, 2.05) is 6.92 Å². The van der Waals surface area contributed by atoms with E-state index in [9.17, 15) is 9.59 Å². The summed E-state index contributed by atoms with van der Waals surface area (Å²) in [5.74, 6) is -0.401. The highest BCUT2D eigenvalue weighted by Crippen LogP contribution is 1.93. The van der Waals surface area contributed by atoms with Gasteiger partial charge in [0, 0.05) is 13.0 Å². The molecule has 0 atom stereocenters. The number of likely N-dealkylation sites (N-methyl/N-ethyl adjacent to an activating group) is 1. The Kier molecular flexibility index (Phi) is 5.08. The van der Waals surface area contributed by atoms with Gasteiger partial charge in [-0.25, -0.2) is 0 Å². The van der Waals surface area contributed by atoms with Crippen LogP contribution in [-0.4, -0.2) is 37.0 Å². The van der Waals surface area contributed by atoms with Crippen LogP contribution in [0.15, 0.2) is 0 Å². The molecule has 0 rings (SSSR count). The maximum absolute atomic E-state index is 11.1. The summed E-state index contributed by atoms with van der Waals surface area (Å²) in [5, 5.41) is 0. The number of hydrogen-bond acceptors (Lipinski definition) is 3. The molecule has 1 amide bonds. The van der Waals surface area contributed by atoms with Crippen molar-refractivity contribution in [1.29, 1.82) is 0 Å². The molecule has 0 saturated heterocycles. The van der Waals surface area contributed by atoms with E-state index in [-0.39, 0.29) is 18.4 Å². The fourth-order valence-electron chi connectivity index (χ4n) is 0.820. The molecule has 0 heterocycles. The van der Waals surface area contributed by atoms with E-state index in [1.165, 1.54) is 12.0 Å². The first-order valence-corrected chi connectivity index (χ1v) is 4.00. The first-order valence-electron chi connectivity index (χ1n) is 4.00. The van der Waals surface area contributed by atoms with Crippen LogP contribution in [0.2, 0.25) is 0 Å². The molecule has 0 aromatic rings. The Balaban J connectivity index is 3.99. The summed E-state index contributed by atoms with van der Waals surface area (Å²) in [4.78, 5) is 23.4. The first kappa shape index (κ1) is 10.9. The number of ether oxygens (including phenoxy) is 1. The molecule has 70 valence electrons. The van der Waals surface area contributed by atoms with Crippen molar-refractivity contribution in [3.63, 3.8) is 0 Å². The van der Waals surface area contributed by atoms with Crippen molar-refractivity contribution in [3.05, 3.63) is 0 Å². The minimum Gasteiger partial charge on any atom is -0.468 e. The van der Waals surface area contributed by atoms with Crippen molar-refractivity contribution in [3.8, 4) is 0 Å². The highest BCUT2D eigenvalue weighted by atomic mass is 16.5. The molecule has 0 aliphatic heterocycles. The molecule has 0 aliphatic carbocycles. The zero-order valence-electron chi connectivity index (χ0n) is 7.79. The zero-order valence-corrected chi connectivity index (χ0v) is 7.79. The summed E-state index contributed by atoms with van der Waals surface area (Å²) in [6.07, 6.45) is 0.421. The second-order valence-electron chi connectivity index (χ2n) is 2.34. The number of esters is 1. The van der Waals surface area contributed by atoms with E-state index in [0.717, 1.165) is 0 Å². The molecule has 0 aromatic heterocycles. The van der Waals surface area contributed by atoms with E-state index in [2.05, 4.69) is 4.74 Å². The van der Waals surface area contributed by atoms with Crippen molar-refractivity contribution < 1.29 is 14.3 Å². The van der Waals surface area contributed by atoms with Gasteiger partial charge in [0.2, 0.25) is 5.91 Å². The number of carbonyl (C=O) groups excluding carboxylic acids is 2. The van der Waals surface area contributed by atoms with E-state index < -0.39 is 0 Å². The third-order valence-electron chi connectivity index (χ3n) is 1.58. The van der Waals surface area contributed by atoms with Crippen molar-refractivity contribution >= 4 is 11.9 Å². The molecule has 12 heavy (non-hydrogen) atoms. The van der Waals surface area contributed by atoms with E-state index in [4.69, 9.17) is 0 Å². The Labute approximate surface area is 72.5 Å². The van der Waals surface area contributed by atoms with Crippen LogP contribution in [0.4, 0.5) is 0 Å². The lowest BCUT2D eigenvalue weighted by Gasteiger charge is -2.18. The molecule has 0 fully saturated rings. The third kappa shape index (κ3) is 3.37. The second kappa shape index (κ2) is 5.57. The lowest BCUT2D eigenvalue weighted by Crippen LogP contribution is -2.35. The SMILES string of the molecule is CCC(=O)N(CC)CC(=O)OC. The average molecular weight is 173 g/mol. The molecule has 0 aromatic carbocycles. The van der Waals surface area contributed by atoms with Gasteiger partial charge in [-0.15, -0.1) is 0 Å². The van der Waals surface area contributed by atoms with Gasteiger partial charge >= 0.3 is 5.97 Å². The highest BCUT2D eigenvalue weighted by Gasteiger charge is 2.13. The van der Waals surface area contributed by atoms with Crippen molar-refractivity contribution in [1.82, 2.24) is 4.90 Å². The standard InChI is InChI=1S/C8H15NO3/c1-4-7(10)9(5-2)6-8(11)12-3/h4-6H2,1-3H3. The summed E-state index contributed by atoms with van der Waals surface area (Å²) in [5.41, 5.74) is 0. The maximum Gasteiger partial charge on any atom is 0.325 e. The van der Waals surface area contributed by atoms with Crippen molar-refractivity contribution in [2.24, 2.45) is 0 Å². The zero-order chi connectivity index (χ0) is 9.56. The number of rotatable bonds is 4. The minimum absolute atomic E-state index is 0.0251. The van der Waals surface area contributed by atoms with Crippen LogP contribution in [0.5, 0.6) is 0 Å². The van der Waals surface area contributed by atoms with Crippen LogP contribution < -0.4 is 0 Å². The highest BCUT2D eigenvalue weighted by molar-refractivity contribution is 5.81. The van der Waals surface area contributed by atoms with Gasteiger partial charge in [-0.1, -0.05) is 6.92 Å². The smallest absolute Gasteiger partial charge is 0.325 e. The molecule has 0 unspecified atom stereocenters. The molecule has 0 saturated carbocycles. The first-order chi connectivity index (χ1) is 5.65. The van der Waals surface area contributed by atoms with Crippen molar-refractivity contribution in [2.75, 3.05) is 20.2 Å². The van der Waals surface area contributed by atoms with Gasteiger partial charge in [0.05, 0.1) is 7.11 Å². The number of nitrogens with zero attached hydrogens (tertiary/aromatic N) is 1. The van der Waals surface area contributed by atoms with E-state index >= 15 is 0 Å². The van der Waals surface area contributed by atoms with Gasteiger partial charge in [-0.3, -0.25) is 9.59 Å². The molecule has 0 spiro atoms. The van der Waals surface area contributed by atoms with Crippen LogP contribution in [0.1, 0.15) is 20.3 Å².